The van der Waals surface area contributed by atoms with E-state index in [9.17, 15) is 4.79 Å². The Bertz CT molecular complexity index is 713. The number of benzene rings is 1. The van der Waals surface area contributed by atoms with Crippen molar-refractivity contribution in [3.63, 3.8) is 0 Å². The van der Waals surface area contributed by atoms with Crippen molar-refractivity contribution in [1.29, 1.82) is 0 Å². The SMILES string of the molecule is CNC(=O)C(Oc1cc(Cl)cc(Cl)c1)[C@@H]1CC[C@@]2(CCCO2)C[C@H]1N1CCCC1. The molecule has 1 spiro atoms. The highest BCUT2D eigenvalue weighted by atomic mass is 35.5. The number of nitrogens with zero attached hydrogens (tertiary/aromatic N) is 1. The van der Waals surface area contributed by atoms with Crippen LogP contribution in [0, 0.1) is 5.92 Å². The van der Waals surface area contributed by atoms with Crippen LogP contribution in [-0.2, 0) is 9.53 Å². The number of nitrogens with one attached hydrogen (secondary N) is 1. The summed E-state index contributed by atoms with van der Waals surface area (Å²) in [6, 6.07) is 5.39. The lowest BCUT2D eigenvalue weighted by Crippen LogP contribution is -2.56. The van der Waals surface area contributed by atoms with Crippen LogP contribution in [0.25, 0.3) is 0 Å². The van der Waals surface area contributed by atoms with Gasteiger partial charge in [-0.05, 0) is 76.2 Å². The van der Waals surface area contributed by atoms with Crippen LogP contribution in [0.15, 0.2) is 18.2 Å². The first-order valence-electron chi connectivity index (χ1n) is 10.7. The van der Waals surface area contributed by atoms with Gasteiger partial charge in [0.25, 0.3) is 5.91 Å². The van der Waals surface area contributed by atoms with Gasteiger partial charge in [0, 0.05) is 35.7 Å². The fourth-order valence-electron chi connectivity index (χ4n) is 5.42. The maximum atomic E-state index is 12.9. The van der Waals surface area contributed by atoms with E-state index >= 15 is 0 Å². The Morgan fingerprint density at radius 3 is 2.55 bits per heavy atom. The minimum Gasteiger partial charge on any atom is -0.480 e. The van der Waals surface area contributed by atoms with Gasteiger partial charge in [-0.3, -0.25) is 9.69 Å². The number of likely N-dealkylation sites (N-methyl/N-ethyl adjacent to an activating group) is 1. The molecular formula is C22H30Cl2N2O3. The normalized spacial score (nSPS) is 31.1. The van der Waals surface area contributed by atoms with Crippen LogP contribution in [0.4, 0.5) is 0 Å². The molecule has 29 heavy (non-hydrogen) atoms. The van der Waals surface area contributed by atoms with Crippen molar-refractivity contribution in [3.8, 4) is 5.75 Å². The second kappa shape index (κ2) is 9.01. The number of hydrogen-bond donors (Lipinski definition) is 1. The lowest BCUT2D eigenvalue weighted by molar-refractivity contribution is -0.136. The first-order valence-corrected chi connectivity index (χ1v) is 11.5. The Kier molecular flexibility index (Phi) is 6.59. The number of carbonyl (C=O) groups is 1. The molecular weight excluding hydrogens is 411 g/mol. The number of halogens is 2. The Labute approximate surface area is 183 Å². The van der Waals surface area contributed by atoms with Crippen LogP contribution in [0.2, 0.25) is 10.0 Å². The molecule has 1 aliphatic carbocycles. The molecule has 0 radical (unpaired) electrons. The quantitative estimate of drug-likeness (QED) is 0.741. The first-order chi connectivity index (χ1) is 14.0. The summed E-state index contributed by atoms with van der Waals surface area (Å²) < 4.78 is 12.5. The van der Waals surface area contributed by atoms with Gasteiger partial charge in [0.2, 0.25) is 0 Å². The van der Waals surface area contributed by atoms with Crippen LogP contribution in [0.5, 0.6) is 5.75 Å². The predicted molar refractivity (Wildman–Crippen MR) is 115 cm³/mol. The van der Waals surface area contributed by atoms with Crippen LogP contribution in [0.3, 0.4) is 0 Å². The van der Waals surface area contributed by atoms with E-state index in [1.807, 2.05) is 0 Å². The summed E-state index contributed by atoms with van der Waals surface area (Å²) in [5.41, 5.74) is -0.0175. The molecule has 4 rings (SSSR count). The standard InChI is InChI=1S/C22H30Cl2N2O3/c1-25-21(27)20(29-17-12-15(23)11-16(24)13-17)18-5-7-22(6-4-10-28-22)14-19(18)26-8-2-3-9-26/h11-13,18-20H,2-10,14H2,1H3,(H,25,27)/t18-,19-,20?,22+/m1/s1. The molecule has 1 amide bonds. The molecule has 3 fully saturated rings. The van der Waals surface area contributed by atoms with Gasteiger partial charge in [0.05, 0.1) is 5.60 Å². The van der Waals surface area contributed by atoms with Gasteiger partial charge in [0.1, 0.15) is 5.75 Å². The lowest BCUT2D eigenvalue weighted by atomic mass is 9.71. The van der Waals surface area contributed by atoms with Gasteiger partial charge in [-0.15, -0.1) is 0 Å². The second-order valence-corrected chi connectivity index (χ2v) is 9.48. The summed E-state index contributed by atoms with van der Waals surface area (Å²) in [6.45, 7) is 3.02. The van der Waals surface area contributed by atoms with Crippen molar-refractivity contribution >= 4 is 29.1 Å². The highest BCUT2D eigenvalue weighted by Crippen LogP contribution is 2.45. The van der Waals surface area contributed by atoms with Crippen molar-refractivity contribution in [2.24, 2.45) is 5.92 Å². The topological polar surface area (TPSA) is 50.8 Å². The van der Waals surface area contributed by atoms with E-state index in [1.165, 1.54) is 12.8 Å². The van der Waals surface area contributed by atoms with Crippen molar-refractivity contribution in [3.05, 3.63) is 28.2 Å². The zero-order valence-corrected chi connectivity index (χ0v) is 18.5. The van der Waals surface area contributed by atoms with Crippen molar-refractivity contribution in [2.75, 3.05) is 26.7 Å². The Hall–Kier alpha value is -1.01. The van der Waals surface area contributed by atoms with Gasteiger partial charge in [0.15, 0.2) is 6.10 Å². The zero-order chi connectivity index (χ0) is 20.4. The number of ether oxygens (including phenoxy) is 2. The Morgan fingerprint density at radius 2 is 1.93 bits per heavy atom. The van der Waals surface area contributed by atoms with E-state index in [-0.39, 0.29) is 23.5 Å². The zero-order valence-electron chi connectivity index (χ0n) is 17.0. The van der Waals surface area contributed by atoms with Crippen LogP contribution < -0.4 is 10.1 Å². The highest BCUT2D eigenvalue weighted by molar-refractivity contribution is 6.34. The molecule has 2 saturated heterocycles. The average molecular weight is 441 g/mol. The lowest BCUT2D eigenvalue weighted by Gasteiger charge is -2.47. The summed E-state index contributed by atoms with van der Waals surface area (Å²) in [5, 5.41) is 3.81. The first kappa shape index (κ1) is 21.2. The summed E-state index contributed by atoms with van der Waals surface area (Å²) in [5.74, 6) is 0.535. The van der Waals surface area contributed by atoms with Crippen LogP contribution in [0.1, 0.15) is 44.9 Å². The fourth-order valence-corrected chi connectivity index (χ4v) is 5.92. The van der Waals surface area contributed by atoms with Gasteiger partial charge in [-0.2, -0.15) is 0 Å². The molecule has 7 heteroatoms. The summed E-state index contributed by atoms with van der Waals surface area (Å²) in [6.07, 6.45) is 6.97. The van der Waals surface area contributed by atoms with Crippen molar-refractivity contribution in [2.45, 2.75) is 62.7 Å². The molecule has 0 aromatic heterocycles. The molecule has 0 bridgehead atoms. The van der Waals surface area contributed by atoms with E-state index in [0.717, 1.165) is 51.8 Å². The highest BCUT2D eigenvalue weighted by Gasteiger charge is 2.49. The molecule has 5 nitrogen and oxygen atoms in total. The molecule has 4 atom stereocenters. The fraction of sp³-hybridized carbons (Fsp3) is 0.682. The van der Waals surface area contributed by atoms with Crippen molar-refractivity contribution < 1.29 is 14.3 Å². The monoisotopic (exact) mass is 440 g/mol. The molecule has 1 aromatic carbocycles. The summed E-state index contributed by atoms with van der Waals surface area (Å²) in [7, 11) is 1.67. The van der Waals surface area contributed by atoms with Gasteiger partial charge < -0.3 is 14.8 Å². The van der Waals surface area contributed by atoms with Crippen LogP contribution in [-0.4, -0.2) is 55.3 Å². The molecule has 1 unspecified atom stereocenters. The van der Waals surface area contributed by atoms with Crippen molar-refractivity contribution in [1.82, 2.24) is 10.2 Å². The molecule has 2 aliphatic heterocycles. The smallest absolute Gasteiger partial charge is 0.261 e. The molecule has 2 heterocycles. The Morgan fingerprint density at radius 1 is 1.21 bits per heavy atom. The summed E-state index contributed by atoms with van der Waals surface area (Å²) in [4.78, 5) is 15.5. The third kappa shape index (κ3) is 4.68. The van der Waals surface area contributed by atoms with Crippen LogP contribution >= 0.6 is 23.2 Å². The number of carbonyl (C=O) groups excluding carboxylic acids is 1. The number of rotatable bonds is 5. The third-order valence-corrected chi connectivity index (χ3v) is 7.23. The molecule has 1 N–H and O–H groups in total. The van der Waals surface area contributed by atoms with Gasteiger partial charge in [-0.1, -0.05) is 23.2 Å². The molecule has 1 aromatic rings. The minimum absolute atomic E-state index is 0.0175. The maximum Gasteiger partial charge on any atom is 0.261 e. The molecule has 1 saturated carbocycles. The second-order valence-electron chi connectivity index (χ2n) is 8.61. The number of likely N-dealkylation sites (tertiary alicyclic amines) is 1. The van der Waals surface area contributed by atoms with E-state index in [2.05, 4.69) is 10.2 Å². The largest absolute Gasteiger partial charge is 0.480 e. The average Bonchev–Trinajstić information content (AvgIpc) is 3.38. The van der Waals surface area contributed by atoms with E-state index < -0.39 is 6.10 Å². The van der Waals surface area contributed by atoms with Gasteiger partial charge in [-0.25, -0.2) is 0 Å². The van der Waals surface area contributed by atoms with E-state index in [0.29, 0.717) is 15.8 Å². The van der Waals surface area contributed by atoms with Gasteiger partial charge >= 0.3 is 0 Å². The Balaban J connectivity index is 1.61. The molecule has 160 valence electrons. The molecule has 3 aliphatic rings. The third-order valence-electron chi connectivity index (χ3n) is 6.80. The number of amides is 1. The maximum absolute atomic E-state index is 12.9. The van der Waals surface area contributed by atoms with E-state index in [4.69, 9.17) is 32.7 Å². The predicted octanol–water partition coefficient (Wildman–Crippen LogP) is 4.30. The van der Waals surface area contributed by atoms with E-state index in [1.54, 1.807) is 25.2 Å². The summed E-state index contributed by atoms with van der Waals surface area (Å²) >= 11 is 12.3. The number of hydrogen-bond acceptors (Lipinski definition) is 4. The minimum atomic E-state index is -0.584.